The summed E-state index contributed by atoms with van der Waals surface area (Å²) in [5.74, 6) is -0.548. The van der Waals surface area contributed by atoms with Crippen molar-refractivity contribution in [2.75, 3.05) is 5.32 Å². The van der Waals surface area contributed by atoms with E-state index in [1.54, 1.807) is 36.7 Å². The lowest BCUT2D eigenvalue weighted by Gasteiger charge is -2.00. The summed E-state index contributed by atoms with van der Waals surface area (Å²) in [4.78, 5) is 27.6. The molecule has 128 valence electrons. The Kier molecular flexibility index (Phi) is 5.41. The van der Waals surface area contributed by atoms with Gasteiger partial charge in [-0.2, -0.15) is 0 Å². The Labute approximate surface area is 155 Å². The Bertz CT molecular complexity index is 905. The van der Waals surface area contributed by atoms with Crippen molar-refractivity contribution in [1.82, 2.24) is 15.2 Å². The average Bonchev–Trinajstić information content (AvgIpc) is 3.22. The number of carboxylic acid groups (broad SMARTS) is 1. The average molecular weight is 392 g/mol. The number of anilines is 1. The molecule has 0 unspecified atom stereocenters. The molecule has 7 nitrogen and oxygen atoms in total. The SMILES string of the molecule is Cc1ncsc1C(=O)Nc1nnc(SCc2ccc(C(=O)O)cc2)s1. The summed E-state index contributed by atoms with van der Waals surface area (Å²) in [5, 5.41) is 20.0. The first kappa shape index (κ1) is 17.5. The van der Waals surface area contributed by atoms with Crippen molar-refractivity contribution >= 4 is 51.4 Å². The number of carboxylic acids is 1. The molecule has 10 heteroatoms. The van der Waals surface area contributed by atoms with Crippen LogP contribution < -0.4 is 5.32 Å². The van der Waals surface area contributed by atoms with Crippen LogP contribution in [-0.4, -0.2) is 32.2 Å². The second kappa shape index (κ2) is 7.72. The molecule has 0 aliphatic heterocycles. The van der Waals surface area contributed by atoms with Crippen molar-refractivity contribution in [3.05, 3.63) is 51.5 Å². The summed E-state index contributed by atoms with van der Waals surface area (Å²) in [6.45, 7) is 1.78. The number of thioether (sulfide) groups is 1. The molecular weight excluding hydrogens is 380 g/mol. The highest BCUT2D eigenvalue weighted by Crippen LogP contribution is 2.29. The molecule has 0 atom stereocenters. The third-order valence-electron chi connectivity index (χ3n) is 3.14. The summed E-state index contributed by atoms with van der Waals surface area (Å²) in [6, 6.07) is 6.68. The zero-order valence-corrected chi connectivity index (χ0v) is 15.4. The molecule has 0 fully saturated rings. The van der Waals surface area contributed by atoms with Gasteiger partial charge in [0, 0.05) is 5.75 Å². The molecule has 0 saturated heterocycles. The molecule has 1 amide bonds. The van der Waals surface area contributed by atoms with Gasteiger partial charge >= 0.3 is 5.97 Å². The lowest BCUT2D eigenvalue weighted by Crippen LogP contribution is -2.11. The second-order valence-corrected chi connectivity index (χ2v) is 7.94. The minimum Gasteiger partial charge on any atom is -0.478 e. The third kappa shape index (κ3) is 4.41. The molecule has 25 heavy (non-hydrogen) atoms. The van der Waals surface area contributed by atoms with Crippen molar-refractivity contribution in [2.24, 2.45) is 0 Å². The van der Waals surface area contributed by atoms with Crippen LogP contribution in [0.4, 0.5) is 5.13 Å². The fraction of sp³-hybridized carbons (Fsp3) is 0.133. The molecule has 0 aliphatic carbocycles. The number of amides is 1. The summed E-state index contributed by atoms with van der Waals surface area (Å²) in [7, 11) is 0. The smallest absolute Gasteiger partial charge is 0.335 e. The number of hydrogen-bond donors (Lipinski definition) is 2. The summed E-state index contributed by atoms with van der Waals surface area (Å²) >= 11 is 4.04. The maximum Gasteiger partial charge on any atom is 0.335 e. The van der Waals surface area contributed by atoms with Gasteiger partial charge in [-0.15, -0.1) is 21.5 Å². The molecule has 3 rings (SSSR count). The molecule has 2 N–H and O–H groups in total. The van der Waals surface area contributed by atoms with Crippen molar-refractivity contribution in [2.45, 2.75) is 17.0 Å². The van der Waals surface area contributed by atoms with Gasteiger partial charge < -0.3 is 5.11 Å². The standard InChI is InChI=1S/C15H12N4O3S3/c1-8-11(24-7-16-8)12(20)17-14-18-19-15(25-14)23-6-9-2-4-10(5-3-9)13(21)22/h2-5,7H,6H2,1H3,(H,21,22)(H,17,18,20). The fourth-order valence-corrected chi connectivity index (χ4v) is 4.28. The maximum atomic E-state index is 12.1. The van der Waals surface area contributed by atoms with Crippen LogP contribution in [0.15, 0.2) is 34.1 Å². The minimum atomic E-state index is -0.945. The van der Waals surface area contributed by atoms with Crippen LogP contribution in [-0.2, 0) is 5.75 Å². The lowest BCUT2D eigenvalue weighted by atomic mass is 10.1. The van der Waals surface area contributed by atoms with E-state index < -0.39 is 5.97 Å². The van der Waals surface area contributed by atoms with Crippen molar-refractivity contribution < 1.29 is 14.7 Å². The molecule has 2 heterocycles. The Morgan fingerprint density at radius 1 is 1.24 bits per heavy atom. The van der Waals surface area contributed by atoms with Crippen LogP contribution in [0.1, 0.15) is 31.3 Å². The van der Waals surface area contributed by atoms with Gasteiger partial charge in [0.1, 0.15) is 4.88 Å². The predicted molar refractivity (Wildman–Crippen MR) is 97.7 cm³/mol. The van der Waals surface area contributed by atoms with E-state index in [1.807, 2.05) is 0 Å². The van der Waals surface area contributed by atoms with Crippen LogP contribution in [0.2, 0.25) is 0 Å². The monoisotopic (exact) mass is 392 g/mol. The summed E-state index contributed by atoms with van der Waals surface area (Å²) in [5.41, 5.74) is 3.55. The predicted octanol–water partition coefficient (Wildman–Crippen LogP) is 3.55. The van der Waals surface area contributed by atoms with E-state index in [1.165, 1.54) is 34.4 Å². The van der Waals surface area contributed by atoms with Crippen LogP contribution in [0.25, 0.3) is 0 Å². The normalized spacial score (nSPS) is 10.6. The van der Waals surface area contributed by atoms with Crippen molar-refractivity contribution in [3.63, 3.8) is 0 Å². The molecule has 2 aromatic heterocycles. The zero-order chi connectivity index (χ0) is 17.8. The number of aromatic carboxylic acids is 1. The van der Waals surface area contributed by atoms with Gasteiger partial charge in [-0.3, -0.25) is 10.1 Å². The largest absolute Gasteiger partial charge is 0.478 e. The van der Waals surface area contributed by atoms with E-state index in [0.717, 1.165) is 9.90 Å². The molecule has 0 spiro atoms. The second-order valence-electron chi connectivity index (χ2n) is 4.88. The van der Waals surface area contributed by atoms with Crippen LogP contribution in [0.5, 0.6) is 0 Å². The van der Waals surface area contributed by atoms with E-state index >= 15 is 0 Å². The van der Waals surface area contributed by atoms with Crippen molar-refractivity contribution in [1.29, 1.82) is 0 Å². The highest BCUT2D eigenvalue weighted by Gasteiger charge is 2.14. The van der Waals surface area contributed by atoms with E-state index in [2.05, 4.69) is 20.5 Å². The third-order valence-corrected chi connectivity index (χ3v) is 6.11. The van der Waals surface area contributed by atoms with Gasteiger partial charge in [0.15, 0.2) is 4.34 Å². The molecule has 1 aromatic carbocycles. The van der Waals surface area contributed by atoms with Crippen LogP contribution >= 0.6 is 34.4 Å². The van der Waals surface area contributed by atoms with E-state index in [4.69, 9.17) is 5.11 Å². The summed E-state index contributed by atoms with van der Waals surface area (Å²) < 4.78 is 0.721. The maximum absolute atomic E-state index is 12.1. The first-order chi connectivity index (χ1) is 12.0. The molecule has 0 saturated carbocycles. The number of carbonyl (C=O) groups excluding carboxylic acids is 1. The number of nitrogens with zero attached hydrogens (tertiary/aromatic N) is 3. The van der Waals surface area contributed by atoms with E-state index in [-0.39, 0.29) is 11.5 Å². The topological polar surface area (TPSA) is 105 Å². The molecule has 0 aliphatic rings. The highest BCUT2D eigenvalue weighted by atomic mass is 32.2. The number of nitrogens with one attached hydrogen (secondary N) is 1. The molecule has 0 radical (unpaired) electrons. The van der Waals surface area contributed by atoms with Gasteiger partial charge in [0.05, 0.1) is 16.8 Å². The van der Waals surface area contributed by atoms with E-state index in [9.17, 15) is 9.59 Å². The zero-order valence-electron chi connectivity index (χ0n) is 12.9. The lowest BCUT2D eigenvalue weighted by molar-refractivity contribution is 0.0696. The number of aryl methyl sites for hydroxylation is 1. The van der Waals surface area contributed by atoms with Crippen LogP contribution in [0, 0.1) is 6.92 Å². The molecular formula is C15H12N4O3S3. The van der Waals surface area contributed by atoms with Gasteiger partial charge in [-0.1, -0.05) is 35.2 Å². The Morgan fingerprint density at radius 2 is 2.00 bits per heavy atom. The number of thiazole rings is 1. The van der Waals surface area contributed by atoms with Gasteiger partial charge in [0.25, 0.3) is 5.91 Å². The highest BCUT2D eigenvalue weighted by molar-refractivity contribution is 8.00. The van der Waals surface area contributed by atoms with E-state index in [0.29, 0.717) is 21.5 Å². The summed E-state index contributed by atoms with van der Waals surface area (Å²) in [6.07, 6.45) is 0. The van der Waals surface area contributed by atoms with Crippen molar-refractivity contribution in [3.8, 4) is 0 Å². The Morgan fingerprint density at radius 3 is 2.64 bits per heavy atom. The van der Waals surface area contributed by atoms with Gasteiger partial charge in [-0.05, 0) is 24.6 Å². The van der Waals surface area contributed by atoms with Gasteiger partial charge in [0.2, 0.25) is 5.13 Å². The minimum absolute atomic E-state index is 0.239. The van der Waals surface area contributed by atoms with Gasteiger partial charge in [-0.25, -0.2) is 9.78 Å². The Balaban J connectivity index is 1.57. The quantitative estimate of drug-likeness (QED) is 0.488. The number of hydrogen-bond acceptors (Lipinski definition) is 8. The first-order valence-electron chi connectivity index (χ1n) is 7.03. The number of aromatic nitrogens is 3. The molecule has 0 bridgehead atoms. The number of benzene rings is 1. The first-order valence-corrected chi connectivity index (χ1v) is 9.71. The number of rotatable bonds is 6. The Hall–Kier alpha value is -2.30. The fourth-order valence-electron chi connectivity index (χ4n) is 1.88. The van der Waals surface area contributed by atoms with Crippen LogP contribution in [0.3, 0.4) is 0 Å². The molecule has 3 aromatic rings. The number of carbonyl (C=O) groups is 2.